The van der Waals surface area contributed by atoms with Gasteiger partial charge in [0.05, 0.1) is 14.2 Å². The maximum atomic E-state index is 11.7. The Balaban J connectivity index is 1.92. The van der Waals surface area contributed by atoms with Crippen LogP contribution in [0.2, 0.25) is 0 Å². The number of esters is 1. The zero-order chi connectivity index (χ0) is 15.2. The maximum Gasteiger partial charge on any atom is 0.341 e. The highest BCUT2D eigenvalue weighted by Crippen LogP contribution is 2.27. The standard InChI is InChI=1S/C15H20N2O4/c1-20-13-6-5-11(7-12(13)14(18)21-2)9-17-15(19)16-8-10-3-4-10/h5-7,10H,3-4,8-9H2,1-2H3,(H2,16,17,19). The number of hydrogen-bond donors (Lipinski definition) is 2. The summed E-state index contributed by atoms with van der Waals surface area (Å²) in [5.41, 5.74) is 1.15. The molecule has 2 rings (SSSR count). The summed E-state index contributed by atoms with van der Waals surface area (Å²) in [7, 11) is 2.81. The van der Waals surface area contributed by atoms with Crippen LogP contribution in [0, 0.1) is 5.92 Å². The van der Waals surface area contributed by atoms with Crippen molar-refractivity contribution < 1.29 is 19.1 Å². The van der Waals surface area contributed by atoms with E-state index in [2.05, 4.69) is 10.6 Å². The fourth-order valence-electron chi connectivity index (χ4n) is 1.94. The van der Waals surface area contributed by atoms with Crippen LogP contribution in [0.15, 0.2) is 18.2 Å². The van der Waals surface area contributed by atoms with Gasteiger partial charge in [-0.2, -0.15) is 0 Å². The Hall–Kier alpha value is -2.24. The number of methoxy groups -OCH3 is 2. The highest BCUT2D eigenvalue weighted by Gasteiger charge is 2.21. The van der Waals surface area contributed by atoms with Gasteiger partial charge in [-0.25, -0.2) is 9.59 Å². The molecular weight excluding hydrogens is 272 g/mol. The molecule has 21 heavy (non-hydrogen) atoms. The van der Waals surface area contributed by atoms with E-state index in [1.54, 1.807) is 18.2 Å². The van der Waals surface area contributed by atoms with Gasteiger partial charge in [0.2, 0.25) is 0 Å². The van der Waals surface area contributed by atoms with E-state index in [0.717, 1.165) is 12.1 Å². The quantitative estimate of drug-likeness (QED) is 0.782. The summed E-state index contributed by atoms with van der Waals surface area (Å²) in [6.07, 6.45) is 2.39. The molecule has 6 nitrogen and oxygen atoms in total. The van der Waals surface area contributed by atoms with E-state index in [1.165, 1.54) is 27.1 Å². The first kappa shape index (κ1) is 15.2. The van der Waals surface area contributed by atoms with Gasteiger partial charge in [0.15, 0.2) is 0 Å². The van der Waals surface area contributed by atoms with Crippen molar-refractivity contribution in [2.24, 2.45) is 5.92 Å². The van der Waals surface area contributed by atoms with E-state index < -0.39 is 5.97 Å². The summed E-state index contributed by atoms with van der Waals surface area (Å²) in [6, 6.07) is 4.95. The SMILES string of the molecule is COC(=O)c1cc(CNC(=O)NCC2CC2)ccc1OC. The molecule has 114 valence electrons. The minimum absolute atomic E-state index is 0.197. The van der Waals surface area contributed by atoms with Crippen molar-refractivity contribution in [3.05, 3.63) is 29.3 Å². The number of nitrogens with one attached hydrogen (secondary N) is 2. The second-order valence-electron chi connectivity index (χ2n) is 5.03. The summed E-state index contributed by atoms with van der Waals surface area (Å²) in [4.78, 5) is 23.3. The number of rotatable bonds is 6. The van der Waals surface area contributed by atoms with Crippen LogP contribution in [0.4, 0.5) is 4.79 Å². The van der Waals surface area contributed by atoms with Crippen LogP contribution >= 0.6 is 0 Å². The van der Waals surface area contributed by atoms with Crippen LogP contribution < -0.4 is 15.4 Å². The molecule has 1 saturated carbocycles. The molecule has 1 aliphatic rings. The monoisotopic (exact) mass is 292 g/mol. The Morgan fingerprint density at radius 1 is 1.24 bits per heavy atom. The number of carbonyl (C=O) groups excluding carboxylic acids is 2. The van der Waals surface area contributed by atoms with E-state index in [1.807, 2.05) is 0 Å². The van der Waals surface area contributed by atoms with Gasteiger partial charge >= 0.3 is 12.0 Å². The van der Waals surface area contributed by atoms with Gasteiger partial charge in [0.1, 0.15) is 11.3 Å². The molecule has 1 aliphatic carbocycles. The highest BCUT2D eigenvalue weighted by molar-refractivity contribution is 5.92. The summed E-state index contributed by atoms with van der Waals surface area (Å²) < 4.78 is 9.83. The average Bonchev–Trinajstić information content (AvgIpc) is 3.34. The third-order valence-electron chi connectivity index (χ3n) is 3.37. The predicted molar refractivity (Wildman–Crippen MR) is 77.3 cm³/mol. The molecule has 0 aromatic heterocycles. The molecule has 0 saturated heterocycles. The van der Waals surface area contributed by atoms with Gasteiger partial charge in [0.25, 0.3) is 0 Å². The lowest BCUT2D eigenvalue weighted by Gasteiger charge is -2.10. The minimum Gasteiger partial charge on any atom is -0.496 e. The zero-order valence-electron chi connectivity index (χ0n) is 12.3. The van der Waals surface area contributed by atoms with Crippen LogP contribution in [0.5, 0.6) is 5.75 Å². The summed E-state index contributed by atoms with van der Waals surface area (Å²) in [5.74, 6) is 0.623. The fourth-order valence-corrected chi connectivity index (χ4v) is 1.94. The molecule has 1 fully saturated rings. The summed E-state index contributed by atoms with van der Waals surface area (Å²) in [5, 5.41) is 5.58. The second-order valence-corrected chi connectivity index (χ2v) is 5.03. The zero-order valence-corrected chi connectivity index (χ0v) is 12.3. The first-order chi connectivity index (χ1) is 10.1. The van der Waals surface area contributed by atoms with E-state index >= 15 is 0 Å². The summed E-state index contributed by atoms with van der Waals surface area (Å²) >= 11 is 0. The lowest BCUT2D eigenvalue weighted by molar-refractivity contribution is 0.0597. The van der Waals surface area contributed by atoms with Crippen LogP contribution in [-0.2, 0) is 11.3 Å². The average molecular weight is 292 g/mol. The molecule has 2 amide bonds. The van der Waals surface area contributed by atoms with Crippen molar-refractivity contribution in [1.29, 1.82) is 0 Å². The van der Waals surface area contributed by atoms with E-state index in [9.17, 15) is 9.59 Å². The molecule has 0 atom stereocenters. The van der Waals surface area contributed by atoms with Crippen molar-refractivity contribution in [2.45, 2.75) is 19.4 Å². The Bertz CT molecular complexity index is 526. The smallest absolute Gasteiger partial charge is 0.341 e. The Morgan fingerprint density at radius 3 is 2.62 bits per heavy atom. The number of ether oxygens (including phenoxy) is 2. The topological polar surface area (TPSA) is 76.7 Å². The van der Waals surface area contributed by atoms with E-state index in [0.29, 0.717) is 23.8 Å². The normalized spacial score (nSPS) is 13.4. The van der Waals surface area contributed by atoms with Gasteiger partial charge in [-0.1, -0.05) is 6.07 Å². The largest absolute Gasteiger partial charge is 0.496 e. The molecule has 1 aromatic rings. The molecule has 0 aliphatic heterocycles. The number of hydrogen-bond acceptors (Lipinski definition) is 4. The number of urea groups is 1. The number of benzene rings is 1. The van der Waals surface area contributed by atoms with Crippen LogP contribution in [0.1, 0.15) is 28.8 Å². The second kappa shape index (κ2) is 6.97. The fraction of sp³-hybridized carbons (Fsp3) is 0.467. The first-order valence-electron chi connectivity index (χ1n) is 6.91. The highest BCUT2D eigenvalue weighted by atomic mass is 16.5. The van der Waals surface area contributed by atoms with Crippen LogP contribution in [0.3, 0.4) is 0 Å². The van der Waals surface area contributed by atoms with Gasteiger partial charge in [-0.15, -0.1) is 0 Å². The third-order valence-corrected chi connectivity index (χ3v) is 3.37. The van der Waals surface area contributed by atoms with Crippen molar-refractivity contribution in [1.82, 2.24) is 10.6 Å². The van der Waals surface area contributed by atoms with E-state index in [-0.39, 0.29) is 6.03 Å². The number of carbonyl (C=O) groups is 2. The molecular formula is C15H20N2O4. The Labute approximate surface area is 123 Å². The van der Waals surface area contributed by atoms with Crippen molar-refractivity contribution >= 4 is 12.0 Å². The molecule has 0 unspecified atom stereocenters. The molecule has 0 radical (unpaired) electrons. The Kier molecular flexibility index (Phi) is 5.03. The van der Waals surface area contributed by atoms with E-state index in [4.69, 9.17) is 9.47 Å². The third kappa shape index (κ3) is 4.37. The van der Waals surface area contributed by atoms with Crippen molar-refractivity contribution in [3.63, 3.8) is 0 Å². The summed E-state index contributed by atoms with van der Waals surface area (Å²) in [6.45, 7) is 1.06. The molecule has 2 N–H and O–H groups in total. The first-order valence-corrected chi connectivity index (χ1v) is 6.91. The van der Waals surface area contributed by atoms with Gasteiger partial charge < -0.3 is 20.1 Å². The molecule has 0 bridgehead atoms. The molecule has 0 spiro atoms. The van der Waals surface area contributed by atoms with Crippen LogP contribution in [0.25, 0.3) is 0 Å². The van der Waals surface area contributed by atoms with Gasteiger partial charge in [-0.05, 0) is 36.5 Å². The van der Waals surface area contributed by atoms with Gasteiger partial charge in [-0.3, -0.25) is 0 Å². The molecule has 0 heterocycles. The predicted octanol–water partition coefficient (Wildman–Crippen LogP) is 1.69. The van der Waals surface area contributed by atoms with Gasteiger partial charge in [0, 0.05) is 13.1 Å². The maximum absolute atomic E-state index is 11.7. The Morgan fingerprint density at radius 2 is 2.00 bits per heavy atom. The van der Waals surface area contributed by atoms with Crippen molar-refractivity contribution in [3.8, 4) is 5.75 Å². The molecule has 1 aromatic carbocycles. The molecule has 6 heteroatoms. The van der Waals surface area contributed by atoms with Crippen LogP contribution in [-0.4, -0.2) is 32.8 Å². The lowest BCUT2D eigenvalue weighted by atomic mass is 10.1. The van der Waals surface area contributed by atoms with Crippen molar-refractivity contribution in [2.75, 3.05) is 20.8 Å². The minimum atomic E-state index is -0.466. The lowest BCUT2D eigenvalue weighted by Crippen LogP contribution is -2.36. The number of amides is 2.